The van der Waals surface area contributed by atoms with Crippen LogP contribution in [0.3, 0.4) is 0 Å². The Bertz CT molecular complexity index is 408. The monoisotopic (exact) mass is 338 g/mol. The van der Waals surface area contributed by atoms with Gasteiger partial charge in [-0.1, -0.05) is 41.1 Å². The lowest BCUT2D eigenvalue weighted by Crippen LogP contribution is -2.32. The molecule has 20 heavy (non-hydrogen) atoms. The van der Waals surface area contributed by atoms with Gasteiger partial charge in [-0.15, -0.1) is 0 Å². The molecule has 0 aliphatic carbocycles. The molecule has 0 aromatic heterocycles. The largest absolute Gasteiger partial charge is 0.310 e. The van der Waals surface area contributed by atoms with Gasteiger partial charge < -0.3 is 10.2 Å². The maximum atomic E-state index is 3.71. The molecule has 112 valence electrons. The van der Waals surface area contributed by atoms with Crippen LogP contribution in [0.15, 0.2) is 28.7 Å². The molecule has 2 unspecified atom stereocenters. The van der Waals surface area contributed by atoms with Crippen molar-refractivity contribution < 1.29 is 0 Å². The third kappa shape index (κ3) is 4.31. The second kappa shape index (κ2) is 8.16. The molecule has 2 atom stereocenters. The van der Waals surface area contributed by atoms with E-state index in [9.17, 15) is 0 Å². The molecule has 1 N–H and O–H groups in total. The minimum absolute atomic E-state index is 0.457. The molecule has 1 heterocycles. The second-order valence-corrected chi connectivity index (χ2v) is 6.70. The van der Waals surface area contributed by atoms with E-state index in [0.717, 1.165) is 12.6 Å². The Morgan fingerprint density at radius 1 is 1.40 bits per heavy atom. The van der Waals surface area contributed by atoms with E-state index < -0.39 is 0 Å². The van der Waals surface area contributed by atoms with E-state index in [4.69, 9.17) is 0 Å². The fraction of sp³-hybridized carbons (Fsp3) is 0.647. The van der Waals surface area contributed by atoms with Crippen LogP contribution in [0, 0.1) is 0 Å². The lowest BCUT2D eigenvalue weighted by atomic mass is 10.0. The maximum Gasteiger partial charge on any atom is 0.0343 e. The molecule has 0 spiro atoms. The van der Waals surface area contributed by atoms with Gasteiger partial charge in [0.25, 0.3) is 0 Å². The summed E-state index contributed by atoms with van der Waals surface area (Å²) >= 11 is 3.70. The zero-order valence-electron chi connectivity index (χ0n) is 12.7. The van der Waals surface area contributed by atoms with Crippen LogP contribution in [0.4, 0.5) is 0 Å². The first kappa shape index (κ1) is 16.0. The van der Waals surface area contributed by atoms with Crippen LogP contribution >= 0.6 is 15.9 Å². The highest BCUT2D eigenvalue weighted by Gasteiger charge is 2.22. The number of nitrogens with zero attached hydrogens (tertiary/aromatic N) is 1. The first-order chi connectivity index (χ1) is 9.72. The smallest absolute Gasteiger partial charge is 0.0343 e. The molecule has 1 aromatic carbocycles. The van der Waals surface area contributed by atoms with E-state index in [1.54, 1.807) is 0 Å². The van der Waals surface area contributed by atoms with E-state index in [-0.39, 0.29) is 0 Å². The average Bonchev–Trinajstić information content (AvgIpc) is 2.86. The minimum Gasteiger partial charge on any atom is -0.310 e. The molecule has 1 saturated heterocycles. The van der Waals surface area contributed by atoms with Crippen molar-refractivity contribution in [3.05, 3.63) is 34.3 Å². The number of rotatable bonds is 7. The third-order valence-electron chi connectivity index (χ3n) is 4.32. The SMILES string of the molecule is CCCNC(CCN1CCCC1C)c1ccccc1Br. The van der Waals surface area contributed by atoms with Gasteiger partial charge in [-0.25, -0.2) is 0 Å². The standard InChI is InChI=1S/C17H27BrN2/c1-3-11-19-17(15-8-4-5-9-16(15)18)10-13-20-12-6-7-14(20)2/h4-5,8-9,14,17,19H,3,6-7,10-13H2,1-2H3. The number of hydrogen-bond donors (Lipinski definition) is 1. The van der Waals surface area contributed by atoms with E-state index >= 15 is 0 Å². The zero-order valence-corrected chi connectivity index (χ0v) is 14.3. The second-order valence-electron chi connectivity index (χ2n) is 5.84. The Hall–Kier alpha value is -0.380. The highest BCUT2D eigenvalue weighted by atomic mass is 79.9. The predicted molar refractivity (Wildman–Crippen MR) is 90.1 cm³/mol. The Balaban J connectivity index is 1.98. The Morgan fingerprint density at radius 2 is 2.20 bits per heavy atom. The predicted octanol–water partition coefficient (Wildman–Crippen LogP) is 4.36. The van der Waals surface area contributed by atoms with Gasteiger partial charge in [-0.2, -0.15) is 0 Å². The molecular formula is C17H27BrN2. The Kier molecular flexibility index (Phi) is 6.53. The first-order valence-corrected chi connectivity index (χ1v) is 8.73. The summed E-state index contributed by atoms with van der Waals surface area (Å²) in [5.74, 6) is 0. The Morgan fingerprint density at radius 3 is 2.85 bits per heavy atom. The van der Waals surface area contributed by atoms with Gasteiger partial charge in [-0.05, 0) is 57.3 Å². The normalized spacial score (nSPS) is 21.2. The summed E-state index contributed by atoms with van der Waals surface area (Å²) in [6, 6.07) is 9.84. The number of halogens is 1. The quantitative estimate of drug-likeness (QED) is 0.794. The van der Waals surface area contributed by atoms with Crippen molar-refractivity contribution in [3.8, 4) is 0 Å². The molecule has 1 aromatic rings. The van der Waals surface area contributed by atoms with Crippen LogP contribution in [-0.4, -0.2) is 30.6 Å². The maximum absolute atomic E-state index is 3.71. The summed E-state index contributed by atoms with van der Waals surface area (Å²) in [5.41, 5.74) is 1.40. The molecule has 1 aliphatic rings. The average molecular weight is 339 g/mol. The number of benzene rings is 1. The first-order valence-electron chi connectivity index (χ1n) is 7.94. The fourth-order valence-electron chi connectivity index (χ4n) is 3.06. The van der Waals surface area contributed by atoms with Crippen LogP contribution in [0.1, 0.15) is 51.1 Å². The minimum atomic E-state index is 0.457. The molecule has 2 nitrogen and oxygen atoms in total. The summed E-state index contributed by atoms with van der Waals surface area (Å²) in [7, 11) is 0. The molecule has 2 rings (SSSR count). The van der Waals surface area contributed by atoms with Crippen molar-refractivity contribution in [2.45, 2.75) is 51.6 Å². The molecule has 0 saturated carbocycles. The molecule has 1 fully saturated rings. The van der Waals surface area contributed by atoms with Gasteiger partial charge in [0.1, 0.15) is 0 Å². The van der Waals surface area contributed by atoms with Crippen LogP contribution < -0.4 is 5.32 Å². The molecule has 0 radical (unpaired) electrons. The van der Waals surface area contributed by atoms with Gasteiger partial charge in [-0.3, -0.25) is 0 Å². The number of nitrogens with one attached hydrogen (secondary N) is 1. The highest BCUT2D eigenvalue weighted by molar-refractivity contribution is 9.10. The van der Waals surface area contributed by atoms with Crippen molar-refractivity contribution in [2.24, 2.45) is 0 Å². The van der Waals surface area contributed by atoms with Crippen molar-refractivity contribution in [3.63, 3.8) is 0 Å². The highest BCUT2D eigenvalue weighted by Crippen LogP contribution is 2.27. The van der Waals surface area contributed by atoms with Crippen LogP contribution in [0.5, 0.6) is 0 Å². The van der Waals surface area contributed by atoms with Gasteiger partial charge in [0, 0.05) is 23.1 Å². The topological polar surface area (TPSA) is 15.3 Å². The van der Waals surface area contributed by atoms with Gasteiger partial charge in [0.05, 0.1) is 0 Å². The summed E-state index contributed by atoms with van der Waals surface area (Å²) in [6.07, 6.45) is 5.10. The summed E-state index contributed by atoms with van der Waals surface area (Å²) in [5, 5.41) is 3.71. The van der Waals surface area contributed by atoms with E-state index in [1.165, 1.54) is 48.8 Å². The fourth-order valence-corrected chi connectivity index (χ4v) is 3.62. The van der Waals surface area contributed by atoms with Gasteiger partial charge >= 0.3 is 0 Å². The lowest BCUT2D eigenvalue weighted by molar-refractivity contribution is 0.251. The summed E-state index contributed by atoms with van der Waals surface area (Å²) in [6.45, 7) is 8.15. The number of hydrogen-bond acceptors (Lipinski definition) is 2. The van der Waals surface area contributed by atoms with Crippen molar-refractivity contribution in [2.75, 3.05) is 19.6 Å². The zero-order chi connectivity index (χ0) is 14.4. The summed E-state index contributed by atoms with van der Waals surface area (Å²) < 4.78 is 1.23. The molecule has 0 bridgehead atoms. The van der Waals surface area contributed by atoms with Crippen molar-refractivity contribution in [1.82, 2.24) is 10.2 Å². The summed E-state index contributed by atoms with van der Waals surface area (Å²) in [4.78, 5) is 2.64. The van der Waals surface area contributed by atoms with Gasteiger partial charge in [0.15, 0.2) is 0 Å². The lowest BCUT2D eigenvalue weighted by Gasteiger charge is -2.26. The van der Waals surface area contributed by atoms with Crippen LogP contribution in [0.25, 0.3) is 0 Å². The molecule has 3 heteroatoms. The van der Waals surface area contributed by atoms with Crippen LogP contribution in [0.2, 0.25) is 0 Å². The van der Waals surface area contributed by atoms with Crippen molar-refractivity contribution >= 4 is 15.9 Å². The molecular weight excluding hydrogens is 312 g/mol. The number of likely N-dealkylation sites (tertiary alicyclic amines) is 1. The Labute approximate surface area is 132 Å². The van der Waals surface area contributed by atoms with E-state index in [2.05, 4.69) is 64.3 Å². The molecule has 1 aliphatic heterocycles. The molecule has 0 amide bonds. The van der Waals surface area contributed by atoms with E-state index in [0.29, 0.717) is 6.04 Å². The third-order valence-corrected chi connectivity index (χ3v) is 5.04. The van der Waals surface area contributed by atoms with E-state index in [1.807, 2.05) is 0 Å². The van der Waals surface area contributed by atoms with Gasteiger partial charge in [0.2, 0.25) is 0 Å². The van der Waals surface area contributed by atoms with Crippen molar-refractivity contribution in [1.29, 1.82) is 0 Å². The van der Waals surface area contributed by atoms with Crippen LogP contribution in [-0.2, 0) is 0 Å².